The van der Waals surface area contributed by atoms with Gasteiger partial charge >= 0.3 is 0 Å². The van der Waals surface area contributed by atoms with Gasteiger partial charge < -0.3 is 0 Å². The maximum absolute atomic E-state index is 2.41. The fourth-order valence-electron chi connectivity index (χ4n) is 2.53. The molecule has 0 aromatic rings. The van der Waals surface area contributed by atoms with Crippen molar-refractivity contribution >= 4 is 0 Å². The van der Waals surface area contributed by atoms with Crippen LogP contribution >= 0.6 is 0 Å². The van der Waals surface area contributed by atoms with Gasteiger partial charge in [-0.25, -0.2) is 0 Å². The Balaban J connectivity index is 3.75. The van der Waals surface area contributed by atoms with Crippen molar-refractivity contribution in [1.82, 2.24) is 0 Å². The van der Waals surface area contributed by atoms with E-state index in [2.05, 4.69) is 41.5 Å². The molecule has 0 aliphatic heterocycles. The molecule has 2 unspecified atom stereocenters. The molecule has 0 nitrogen and oxygen atoms in total. The SMILES string of the molecule is CCC(C)CCCC(CCCC(C)C)C(C)C. The predicted molar refractivity (Wildman–Crippen MR) is 80.3 cm³/mol. The van der Waals surface area contributed by atoms with Crippen molar-refractivity contribution in [2.24, 2.45) is 23.7 Å². The van der Waals surface area contributed by atoms with Crippen molar-refractivity contribution < 1.29 is 0 Å². The monoisotopic (exact) mass is 240 g/mol. The normalized spacial score (nSPS) is 15.5. The minimum Gasteiger partial charge on any atom is -0.0651 e. The number of rotatable bonds is 10. The van der Waals surface area contributed by atoms with Gasteiger partial charge in [0, 0.05) is 0 Å². The third-order valence-electron chi connectivity index (χ3n) is 4.27. The molecule has 0 spiro atoms. The molecular formula is C17H36. The van der Waals surface area contributed by atoms with Crippen molar-refractivity contribution in [2.45, 2.75) is 86.5 Å². The van der Waals surface area contributed by atoms with Gasteiger partial charge in [-0.05, 0) is 23.7 Å². The summed E-state index contributed by atoms with van der Waals surface area (Å²) in [5.74, 6) is 3.65. The Morgan fingerprint density at radius 3 is 1.65 bits per heavy atom. The summed E-state index contributed by atoms with van der Waals surface area (Å²) in [5.41, 5.74) is 0. The molecule has 0 fully saturated rings. The van der Waals surface area contributed by atoms with Crippen LogP contribution in [0.5, 0.6) is 0 Å². The van der Waals surface area contributed by atoms with Gasteiger partial charge in [0.25, 0.3) is 0 Å². The lowest BCUT2D eigenvalue weighted by molar-refractivity contribution is 0.301. The molecule has 0 amide bonds. The molecule has 0 saturated heterocycles. The lowest BCUT2D eigenvalue weighted by Gasteiger charge is -2.22. The molecule has 0 aliphatic rings. The van der Waals surface area contributed by atoms with E-state index in [0.717, 1.165) is 23.7 Å². The van der Waals surface area contributed by atoms with Crippen molar-refractivity contribution in [3.05, 3.63) is 0 Å². The van der Waals surface area contributed by atoms with Crippen LogP contribution in [0.1, 0.15) is 86.5 Å². The van der Waals surface area contributed by atoms with Gasteiger partial charge in [-0.2, -0.15) is 0 Å². The van der Waals surface area contributed by atoms with Crippen LogP contribution in [0.3, 0.4) is 0 Å². The highest BCUT2D eigenvalue weighted by atomic mass is 14.2. The fourth-order valence-corrected chi connectivity index (χ4v) is 2.53. The fraction of sp³-hybridized carbons (Fsp3) is 1.00. The smallest absolute Gasteiger partial charge is 0.0391 e. The molecular weight excluding hydrogens is 204 g/mol. The second kappa shape index (κ2) is 9.97. The van der Waals surface area contributed by atoms with Crippen LogP contribution in [0, 0.1) is 23.7 Å². The molecule has 0 bridgehead atoms. The van der Waals surface area contributed by atoms with E-state index >= 15 is 0 Å². The van der Waals surface area contributed by atoms with E-state index < -0.39 is 0 Å². The minimum atomic E-state index is 0.874. The molecule has 0 aliphatic carbocycles. The zero-order valence-corrected chi connectivity index (χ0v) is 13.3. The summed E-state index contributed by atoms with van der Waals surface area (Å²) in [6, 6.07) is 0. The Hall–Kier alpha value is 0. The summed E-state index contributed by atoms with van der Waals surface area (Å²) in [6.07, 6.45) is 9.98. The van der Waals surface area contributed by atoms with E-state index in [1.54, 1.807) is 0 Å². The first-order valence-corrected chi connectivity index (χ1v) is 7.97. The molecule has 104 valence electrons. The van der Waals surface area contributed by atoms with E-state index in [9.17, 15) is 0 Å². The molecule has 17 heavy (non-hydrogen) atoms. The highest BCUT2D eigenvalue weighted by Gasteiger charge is 2.13. The van der Waals surface area contributed by atoms with Crippen LogP contribution in [0.2, 0.25) is 0 Å². The molecule has 2 atom stereocenters. The molecule has 0 rings (SSSR count). The molecule has 0 saturated carbocycles. The minimum absolute atomic E-state index is 0.874. The Labute approximate surface area is 111 Å². The van der Waals surface area contributed by atoms with Gasteiger partial charge in [0.2, 0.25) is 0 Å². The van der Waals surface area contributed by atoms with Crippen LogP contribution in [-0.2, 0) is 0 Å². The third kappa shape index (κ3) is 9.68. The van der Waals surface area contributed by atoms with Gasteiger partial charge in [0.1, 0.15) is 0 Å². The van der Waals surface area contributed by atoms with Gasteiger partial charge in [-0.15, -0.1) is 0 Å². The van der Waals surface area contributed by atoms with Crippen LogP contribution in [0.4, 0.5) is 0 Å². The average molecular weight is 240 g/mol. The largest absolute Gasteiger partial charge is 0.0651 e. The maximum Gasteiger partial charge on any atom is -0.0391 e. The predicted octanol–water partition coefficient (Wildman–Crippen LogP) is 6.30. The second-order valence-electron chi connectivity index (χ2n) is 6.77. The standard InChI is InChI=1S/C17H36/c1-7-16(6)11-9-13-17(15(4)5)12-8-10-14(2)3/h14-17H,7-13H2,1-6H3. The summed E-state index contributed by atoms with van der Waals surface area (Å²) >= 11 is 0. The Morgan fingerprint density at radius 1 is 0.706 bits per heavy atom. The average Bonchev–Trinajstić information content (AvgIpc) is 2.25. The zero-order valence-electron chi connectivity index (χ0n) is 13.3. The van der Waals surface area contributed by atoms with E-state index in [0.29, 0.717) is 0 Å². The highest BCUT2D eigenvalue weighted by Crippen LogP contribution is 2.26. The van der Waals surface area contributed by atoms with E-state index in [1.807, 2.05) is 0 Å². The van der Waals surface area contributed by atoms with Crippen LogP contribution in [-0.4, -0.2) is 0 Å². The molecule has 0 aromatic carbocycles. The molecule has 0 aromatic heterocycles. The topological polar surface area (TPSA) is 0 Å². The van der Waals surface area contributed by atoms with Crippen LogP contribution < -0.4 is 0 Å². The van der Waals surface area contributed by atoms with Gasteiger partial charge in [-0.1, -0.05) is 86.5 Å². The number of hydrogen-bond donors (Lipinski definition) is 0. The summed E-state index contributed by atoms with van der Waals surface area (Å²) in [5, 5.41) is 0. The van der Waals surface area contributed by atoms with Crippen LogP contribution in [0.15, 0.2) is 0 Å². The van der Waals surface area contributed by atoms with Crippen molar-refractivity contribution in [1.29, 1.82) is 0 Å². The van der Waals surface area contributed by atoms with Gasteiger partial charge in [0.05, 0.1) is 0 Å². The van der Waals surface area contributed by atoms with E-state index in [4.69, 9.17) is 0 Å². The van der Waals surface area contributed by atoms with Crippen molar-refractivity contribution in [3.8, 4) is 0 Å². The number of hydrogen-bond acceptors (Lipinski definition) is 0. The first-order chi connectivity index (χ1) is 7.97. The lowest BCUT2D eigenvalue weighted by atomic mass is 9.84. The van der Waals surface area contributed by atoms with E-state index in [-0.39, 0.29) is 0 Å². The summed E-state index contributed by atoms with van der Waals surface area (Å²) in [6.45, 7) is 14.2. The van der Waals surface area contributed by atoms with Crippen molar-refractivity contribution in [2.75, 3.05) is 0 Å². The molecule has 0 radical (unpaired) electrons. The van der Waals surface area contributed by atoms with Gasteiger partial charge in [-0.3, -0.25) is 0 Å². The lowest BCUT2D eigenvalue weighted by Crippen LogP contribution is -2.10. The Kier molecular flexibility index (Phi) is 9.97. The van der Waals surface area contributed by atoms with E-state index in [1.165, 1.54) is 44.9 Å². The molecule has 0 heteroatoms. The highest BCUT2D eigenvalue weighted by molar-refractivity contribution is 4.65. The third-order valence-corrected chi connectivity index (χ3v) is 4.27. The second-order valence-corrected chi connectivity index (χ2v) is 6.77. The molecule has 0 heterocycles. The summed E-state index contributed by atoms with van der Waals surface area (Å²) in [4.78, 5) is 0. The summed E-state index contributed by atoms with van der Waals surface area (Å²) < 4.78 is 0. The maximum atomic E-state index is 2.41. The van der Waals surface area contributed by atoms with Gasteiger partial charge in [0.15, 0.2) is 0 Å². The zero-order chi connectivity index (χ0) is 13.3. The quantitative estimate of drug-likeness (QED) is 0.420. The molecule has 0 N–H and O–H groups in total. The Bertz CT molecular complexity index is 157. The Morgan fingerprint density at radius 2 is 1.24 bits per heavy atom. The van der Waals surface area contributed by atoms with Crippen LogP contribution in [0.25, 0.3) is 0 Å². The first kappa shape index (κ1) is 17.0. The first-order valence-electron chi connectivity index (χ1n) is 7.97. The summed E-state index contributed by atoms with van der Waals surface area (Å²) in [7, 11) is 0. The van der Waals surface area contributed by atoms with Crippen molar-refractivity contribution in [3.63, 3.8) is 0 Å².